The molecule has 1 aromatic carbocycles. The van der Waals surface area contributed by atoms with Crippen LogP contribution in [0.4, 0.5) is 0 Å². The van der Waals surface area contributed by atoms with Gasteiger partial charge in [0.2, 0.25) is 11.8 Å². The van der Waals surface area contributed by atoms with E-state index in [-0.39, 0.29) is 11.4 Å². The first-order chi connectivity index (χ1) is 11.3. The molecule has 1 aliphatic heterocycles. The number of hydrogen-bond donors (Lipinski definition) is 1. The standard InChI is InChI=1S/C19H22N2O3/c1-12-7-9-13(10-8-12)18-20-15(17(22)21-19(2,3)4)16(24-18)14-6-5-11-23-14/h5-11,15-16H,1-4H3,(H,21,22)/t15-,16+/m1/s1. The average Bonchev–Trinajstić information content (AvgIpc) is 3.15. The fourth-order valence-electron chi connectivity index (χ4n) is 2.55. The van der Waals surface area contributed by atoms with Crippen molar-refractivity contribution in [3.05, 3.63) is 59.5 Å². The molecule has 5 heteroatoms. The number of furan rings is 1. The molecule has 0 saturated heterocycles. The number of carbonyl (C=O) groups is 1. The summed E-state index contributed by atoms with van der Waals surface area (Å²) in [6.45, 7) is 7.83. The molecule has 5 nitrogen and oxygen atoms in total. The van der Waals surface area contributed by atoms with Crippen LogP contribution in [-0.2, 0) is 9.53 Å². The number of hydrogen-bond acceptors (Lipinski definition) is 4. The van der Waals surface area contributed by atoms with Crippen LogP contribution >= 0.6 is 0 Å². The SMILES string of the molecule is Cc1ccc(C2=N[C@@H](C(=O)NC(C)(C)C)[C@H](c3ccco3)O2)cc1. The highest BCUT2D eigenvalue weighted by Gasteiger charge is 2.40. The predicted octanol–water partition coefficient (Wildman–Crippen LogP) is 3.39. The minimum atomic E-state index is -0.674. The van der Waals surface area contributed by atoms with Crippen LogP contribution in [0.25, 0.3) is 0 Å². The molecule has 0 fully saturated rings. The number of nitrogens with zero attached hydrogens (tertiary/aromatic N) is 1. The van der Waals surface area contributed by atoms with E-state index in [1.165, 1.54) is 0 Å². The van der Waals surface area contributed by atoms with Gasteiger partial charge in [0, 0.05) is 11.1 Å². The summed E-state index contributed by atoms with van der Waals surface area (Å²) in [4.78, 5) is 17.2. The lowest BCUT2D eigenvalue weighted by molar-refractivity contribution is -0.125. The zero-order chi connectivity index (χ0) is 17.3. The van der Waals surface area contributed by atoms with E-state index in [1.54, 1.807) is 18.4 Å². The average molecular weight is 326 g/mol. The normalized spacial score (nSPS) is 20.4. The van der Waals surface area contributed by atoms with Gasteiger partial charge in [0.25, 0.3) is 0 Å². The van der Waals surface area contributed by atoms with Crippen LogP contribution in [0.15, 0.2) is 52.1 Å². The van der Waals surface area contributed by atoms with Crippen LogP contribution in [0.2, 0.25) is 0 Å². The molecule has 1 N–H and O–H groups in total. The Morgan fingerprint density at radius 3 is 2.46 bits per heavy atom. The Bertz CT molecular complexity index is 740. The number of ether oxygens (including phenoxy) is 1. The van der Waals surface area contributed by atoms with Crippen LogP contribution in [0.1, 0.15) is 43.8 Å². The highest BCUT2D eigenvalue weighted by Crippen LogP contribution is 2.32. The van der Waals surface area contributed by atoms with Gasteiger partial charge in [-0.2, -0.15) is 0 Å². The van der Waals surface area contributed by atoms with Gasteiger partial charge >= 0.3 is 0 Å². The number of aliphatic imine (C=N–C) groups is 1. The van der Waals surface area contributed by atoms with E-state index >= 15 is 0 Å². The molecule has 24 heavy (non-hydrogen) atoms. The molecule has 2 heterocycles. The summed E-state index contributed by atoms with van der Waals surface area (Å²) in [7, 11) is 0. The first-order valence-electron chi connectivity index (χ1n) is 8.00. The monoisotopic (exact) mass is 326 g/mol. The van der Waals surface area contributed by atoms with Crippen LogP contribution < -0.4 is 5.32 Å². The van der Waals surface area contributed by atoms with Gasteiger partial charge in [0.1, 0.15) is 5.76 Å². The topological polar surface area (TPSA) is 63.8 Å². The molecule has 126 valence electrons. The van der Waals surface area contributed by atoms with Crippen LogP contribution in [0, 0.1) is 6.92 Å². The molecule has 0 spiro atoms. The fourth-order valence-corrected chi connectivity index (χ4v) is 2.55. The van der Waals surface area contributed by atoms with E-state index in [9.17, 15) is 4.79 Å². The van der Waals surface area contributed by atoms with Crippen LogP contribution in [-0.4, -0.2) is 23.4 Å². The highest BCUT2D eigenvalue weighted by atomic mass is 16.5. The lowest BCUT2D eigenvalue weighted by Crippen LogP contribution is -2.46. The molecule has 0 saturated carbocycles. The molecule has 1 aliphatic rings. The Labute approximate surface area is 141 Å². The van der Waals surface area contributed by atoms with Crippen LogP contribution in [0.5, 0.6) is 0 Å². The van der Waals surface area contributed by atoms with Gasteiger partial charge in [-0.1, -0.05) is 17.7 Å². The van der Waals surface area contributed by atoms with Crippen molar-refractivity contribution in [1.29, 1.82) is 0 Å². The number of nitrogens with one attached hydrogen (secondary N) is 1. The molecule has 1 aromatic heterocycles. The van der Waals surface area contributed by atoms with Gasteiger partial charge in [-0.25, -0.2) is 4.99 Å². The number of aryl methyl sites for hydroxylation is 1. The second-order valence-corrected chi connectivity index (χ2v) is 7.04. The van der Waals surface area contributed by atoms with E-state index < -0.39 is 12.1 Å². The zero-order valence-electron chi connectivity index (χ0n) is 14.4. The third kappa shape index (κ3) is 3.50. The minimum absolute atomic E-state index is 0.175. The lowest BCUT2D eigenvalue weighted by atomic mass is 10.1. The summed E-state index contributed by atoms with van der Waals surface area (Å²) in [5, 5.41) is 2.97. The minimum Gasteiger partial charge on any atom is -0.465 e. The third-order valence-electron chi connectivity index (χ3n) is 3.67. The van der Waals surface area contributed by atoms with E-state index in [2.05, 4.69) is 10.3 Å². The highest BCUT2D eigenvalue weighted by molar-refractivity contribution is 5.99. The van der Waals surface area contributed by atoms with Crippen molar-refractivity contribution in [1.82, 2.24) is 5.32 Å². The largest absolute Gasteiger partial charge is 0.465 e. The first kappa shape index (κ1) is 16.3. The fraction of sp³-hybridized carbons (Fsp3) is 0.368. The molecule has 0 bridgehead atoms. The molecule has 0 unspecified atom stereocenters. The van der Waals surface area contributed by atoms with E-state index in [0.717, 1.165) is 11.1 Å². The van der Waals surface area contributed by atoms with Crippen molar-refractivity contribution >= 4 is 11.8 Å². The van der Waals surface area contributed by atoms with Crippen molar-refractivity contribution in [2.24, 2.45) is 4.99 Å². The maximum absolute atomic E-state index is 12.7. The number of benzene rings is 1. The summed E-state index contributed by atoms with van der Waals surface area (Å²) < 4.78 is 11.4. The van der Waals surface area contributed by atoms with Gasteiger partial charge in [0.05, 0.1) is 6.26 Å². The van der Waals surface area contributed by atoms with Crippen LogP contribution in [0.3, 0.4) is 0 Å². The van der Waals surface area contributed by atoms with Crippen molar-refractivity contribution in [2.75, 3.05) is 0 Å². The molecule has 0 radical (unpaired) electrons. The number of amides is 1. The van der Waals surface area contributed by atoms with E-state index in [0.29, 0.717) is 11.7 Å². The maximum atomic E-state index is 12.7. The Morgan fingerprint density at radius 2 is 1.88 bits per heavy atom. The van der Waals surface area contributed by atoms with Crippen molar-refractivity contribution in [3.63, 3.8) is 0 Å². The summed E-state index contributed by atoms with van der Waals surface area (Å²) in [6.07, 6.45) is 1.01. The van der Waals surface area contributed by atoms with E-state index in [1.807, 2.05) is 52.0 Å². The molecule has 2 atom stereocenters. The molecular weight excluding hydrogens is 304 g/mol. The second kappa shape index (κ2) is 6.15. The van der Waals surface area contributed by atoms with Gasteiger partial charge < -0.3 is 14.5 Å². The van der Waals surface area contributed by atoms with Gasteiger partial charge in [0.15, 0.2) is 12.1 Å². The summed E-state index contributed by atoms with van der Waals surface area (Å²) in [5.41, 5.74) is 1.66. The predicted molar refractivity (Wildman–Crippen MR) is 91.9 cm³/mol. The summed E-state index contributed by atoms with van der Waals surface area (Å²) >= 11 is 0. The Morgan fingerprint density at radius 1 is 1.17 bits per heavy atom. The van der Waals surface area contributed by atoms with Crippen molar-refractivity contribution < 1.29 is 13.9 Å². The van der Waals surface area contributed by atoms with Crippen molar-refractivity contribution in [3.8, 4) is 0 Å². The number of carbonyl (C=O) groups excluding carboxylic acids is 1. The third-order valence-corrected chi connectivity index (χ3v) is 3.67. The van der Waals surface area contributed by atoms with Crippen molar-refractivity contribution in [2.45, 2.75) is 45.4 Å². The molecule has 2 aromatic rings. The molecular formula is C19H22N2O3. The Balaban J connectivity index is 1.91. The van der Waals surface area contributed by atoms with Gasteiger partial charge in [-0.05, 0) is 52.0 Å². The first-order valence-corrected chi connectivity index (χ1v) is 8.00. The lowest BCUT2D eigenvalue weighted by Gasteiger charge is -2.23. The molecule has 1 amide bonds. The Kier molecular flexibility index (Phi) is 4.18. The summed E-state index contributed by atoms with van der Waals surface area (Å²) in [5.74, 6) is 0.881. The zero-order valence-corrected chi connectivity index (χ0v) is 14.4. The molecule has 0 aliphatic carbocycles. The summed E-state index contributed by atoms with van der Waals surface area (Å²) in [6, 6.07) is 10.8. The maximum Gasteiger partial charge on any atom is 0.249 e. The smallest absolute Gasteiger partial charge is 0.249 e. The van der Waals surface area contributed by atoms with E-state index in [4.69, 9.17) is 9.15 Å². The molecule has 3 rings (SSSR count). The number of rotatable bonds is 3. The van der Waals surface area contributed by atoms with Gasteiger partial charge in [-0.15, -0.1) is 0 Å². The quantitative estimate of drug-likeness (QED) is 0.940. The Hall–Kier alpha value is -2.56. The van der Waals surface area contributed by atoms with Gasteiger partial charge in [-0.3, -0.25) is 4.79 Å². The second-order valence-electron chi connectivity index (χ2n) is 7.04.